The van der Waals surface area contributed by atoms with Crippen LogP contribution in [0, 0.1) is 23.7 Å². The lowest BCUT2D eigenvalue weighted by Crippen LogP contribution is -3.00. The largest absolute Gasteiger partial charge is 1.00 e. The maximum Gasteiger partial charge on any atom is 0.0789 e. The van der Waals surface area contributed by atoms with Crippen molar-refractivity contribution in [3.63, 3.8) is 0 Å². The molecule has 0 bridgehead atoms. The molecule has 8 N–H and O–H groups in total. The van der Waals surface area contributed by atoms with Gasteiger partial charge in [0.25, 0.3) is 0 Å². The van der Waals surface area contributed by atoms with Crippen molar-refractivity contribution < 1.29 is 70.9 Å². The molecule has 8 heteroatoms. The predicted octanol–water partition coefficient (Wildman–Crippen LogP) is -14.7. The van der Waals surface area contributed by atoms with Crippen molar-refractivity contribution in [1.82, 2.24) is 0 Å². The summed E-state index contributed by atoms with van der Waals surface area (Å²) in [7, 11) is 0. The molecular weight excluding hydrogens is 414 g/mol. The van der Waals surface area contributed by atoms with E-state index >= 15 is 0 Å². The first-order valence-corrected chi connectivity index (χ1v) is 10.1. The van der Waals surface area contributed by atoms with Crippen LogP contribution in [-0.2, 0) is 0 Å². The molecule has 162 valence electrons. The highest BCUT2D eigenvalue weighted by atomic mass is 35.5. The molecule has 0 spiro atoms. The Hall–Kier alpha value is 1.00. The van der Waals surface area contributed by atoms with E-state index in [1.807, 2.05) is 0 Å². The fraction of sp³-hybridized carbons (Fsp3) is 1.00. The number of rotatable bonds is 15. The van der Waals surface area contributed by atoms with Gasteiger partial charge < -0.3 is 70.9 Å². The fourth-order valence-electron chi connectivity index (χ4n) is 3.78. The van der Waals surface area contributed by atoms with Crippen molar-refractivity contribution in [2.45, 2.75) is 39.5 Å². The third-order valence-corrected chi connectivity index (χ3v) is 5.66. The van der Waals surface area contributed by atoms with Gasteiger partial charge in [-0.15, -0.1) is 0 Å². The quantitative estimate of drug-likeness (QED) is 0.177. The maximum absolute atomic E-state index is 2.58. The lowest BCUT2D eigenvalue weighted by molar-refractivity contribution is -0.671. The first-order chi connectivity index (χ1) is 10.8. The average molecular weight is 456 g/mol. The van der Waals surface area contributed by atoms with Gasteiger partial charge in [-0.25, -0.2) is 0 Å². The molecular formula is C18H42Cl4N4. The van der Waals surface area contributed by atoms with Crippen LogP contribution in [0.2, 0.25) is 0 Å². The van der Waals surface area contributed by atoms with Crippen molar-refractivity contribution in [3.05, 3.63) is 0 Å². The zero-order valence-electron chi connectivity index (χ0n) is 16.6. The third-order valence-electron chi connectivity index (χ3n) is 5.66. The van der Waals surface area contributed by atoms with Gasteiger partial charge in [-0.2, -0.15) is 0 Å². The van der Waals surface area contributed by atoms with E-state index in [2.05, 4.69) is 35.1 Å². The molecule has 0 aromatic heterocycles. The second-order valence-corrected chi connectivity index (χ2v) is 7.71. The summed E-state index contributed by atoms with van der Waals surface area (Å²) in [5.74, 6) is 4.17. The number of unbranched alkanes of at least 4 members (excludes halogenated alkanes) is 1. The Morgan fingerprint density at radius 2 is 0.846 bits per heavy atom. The highest BCUT2D eigenvalue weighted by Crippen LogP contribution is 2.35. The standard InChI is InChI=1S/C18H38N4.4ClH/c1-3-19-11-15-9-17(15)13-21-7-5-6-8-22-14-18-10-16(18)12-20-4-2;;;;/h15-22H,3-14H2,1-2H3;4*1H/t15-,16+,17-,18+;;;;. The first-order valence-electron chi connectivity index (χ1n) is 10.1. The monoisotopic (exact) mass is 454 g/mol. The first kappa shape index (κ1) is 31.7. The molecule has 0 radical (unpaired) electrons. The molecule has 2 fully saturated rings. The molecule has 4 nitrogen and oxygen atoms in total. The Kier molecular flexibility index (Phi) is 23.5. The summed E-state index contributed by atoms with van der Waals surface area (Å²) in [5.41, 5.74) is 0. The van der Waals surface area contributed by atoms with Crippen LogP contribution in [0.5, 0.6) is 0 Å². The van der Waals surface area contributed by atoms with Gasteiger partial charge in [0, 0.05) is 36.5 Å². The summed E-state index contributed by atoms with van der Waals surface area (Å²) in [5, 5.41) is 10.1. The number of hydrogen-bond donors (Lipinski definition) is 4. The molecule has 0 aromatic carbocycles. The van der Waals surface area contributed by atoms with Gasteiger partial charge in [0.05, 0.1) is 52.4 Å². The summed E-state index contributed by atoms with van der Waals surface area (Å²) in [6, 6.07) is 0. The van der Waals surface area contributed by atoms with Gasteiger partial charge in [-0.3, -0.25) is 0 Å². The van der Waals surface area contributed by atoms with E-state index in [1.165, 1.54) is 78.0 Å². The van der Waals surface area contributed by atoms with Crippen molar-refractivity contribution >= 4 is 0 Å². The summed E-state index contributed by atoms with van der Waals surface area (Å²) < 4.78 is 0. The van der Waals surface area contributed by atoms with Gasteiger partial charge >= 0.3 is 0 Å². The van der Waals surface area contributed by atoms with Gasteiger partial charge in [0.1, 0.15) is 0 Å². The number of quaternary nitrogens is 4. The number of nitrogens with two attached hydrogens (primary N) is 4. The normalized spacial score (nSPS) is 25.2. The summed E-state index contributed by atoms with van der Waals surface area (Å²) in [4.78, 5) is 0. The average Bonchev–Trinajstić information content (AvgIpc) is 3.43. The highest BCUT2D eigenvalue weighted by Gasteiger charge is 2.40. The minimum absolute atomic E-state index is 0. The van der Waals surface area contributed by atoms with Crippen LogP contribution in [0.25, 0.3) is 0 Å². The van der Waals surface area contributed by atoms with Gasteiger partial charge in [0.2, 0.25) is 0 Å². The Labute approximate surface area is 186 Å². The van der Waals surface area contributed by atoms with Gasteiger partial charge in [-0.1, -0.05) is 0 Å². The Bertz CT molecular complexity index is 272. The fourth-order valence-corrected chi connectivity index (χ4v) is 3.78. The molecule has 26 heavy (non-hydrogen) atoms. The van der Waals surface area contributed by atoms with Crippen molar-refractivity contribution in [3.8, 4) is 0 Å². The minimum atomic E-state index is 0. The molecule has 2 saturated carbocycles. The zero-order valence-corrected chi connectivity index (χ0v) is 19.6. The SMILES string of the molecule is CC[NH2+]C[C@@H]1C[C@H]1C[NH2+]CCCC[NH2+]C[C@H]1C[C@@H]1C[NH2+]CC.[Cl-].[Cl-].[Cl-].[Cl-]. The maximum atomic E-state index is 2.58. The van der Waals surface area contributed by atoms with E-state index in [4.69, 9.17) is 0 Å². The molecule has 2 aliphatic rings. The molecule has 0 saturated heterocycles. The topological polar surface area (TPSA) is 66.4 Å². The molecule has 4 atom stereocenters. The molecule has 0 unspecified atom stereocenters. The Balaban J connectivity index is -0.00000132. The van der Waals surface area contributed by atoms with E-state index in [1.54, 1.807) is 0 Å². The Morgan fingerprint density at radius 3 is 1.15 bits per heavy atom. The smallest absolute Gasteiger partial charge is 0.0789 e. The molecule has 0 aromatic rings. The van der Waals surface area contributed by atoms with Gasteiger partial charge in [0.15, 0.2) is 0 Å². The van der Waals surface area contributed by atoms with Crippen LogP contribution < -0.4 is 70.9 Å². The van der Waals surface area contributed by atoms with Crippen LogP contribution >= 0.6 is 0 Å². The molecule has 2 rings (SSSR count). The second kappa shape index (κ2) is 19.3. The van der Waals surface area contributed by atoms with Crippen molar-refractivity contribution in [2.24, 2.45) is 23.7 Å². The predicted molar refractivity (Wildman–Crippen MR) is 90.4 cm³/mol. The number of hydrogen-bond acceptors (Lipinski definition) is 0. The second-order valence-electron chi connectivity index (χ2n) is 7.71. The summed E-state index contributed by atoms with van der Waals surface area (Å²) in [6.07, 6.45) is 5.82. The van der Waals surface area contributed by atoms with Crippen LogP contribution in [0.4, 0.5) is 0 Å². The van der Waals surface area contributed by atoms with E-state index in [-0.39, 0.29) is 49.6 Å². The van der Waals surface area contributed by atoms with Crippen LogP contribution in [-0.4, -0.2) is 52.4 Å². The number of halogens is 4. The van der Waals surface area contributed by atoms with E-state index in [0.717, 1.165) is 23.7 Å². The Morgan fingerprint density at radius 1 is 0.538 bits per heavy atom. The van der Waals surface area contributed by atoms with E-state index in [0.29, 0.717) is 0 Å². The third kappa shape index (κ3) is 14.1. The molecule has 2 aliphatic carbocycles. The summed E-state index contributed by atoms with van der Waals surface area (Å²) >= 11 is 0. The van der Waals surface area contributed by atoms with Crippen LogP contribution in [0.1, 0.15) is 39.5 Å². The molecule has 0 heterocycles. The van der Waals surface area contributed by atoms with Crippen molar-refractivity contribution in [2.75, 3.05) is 52.4 Å². The molecule has 0 aliphatic heterocycles. The lowest BCUT2D eigenvalue weighted by atomic mass is 10.2. The minimum Gasteiger partial charge on any atom is -1.00 e. The zero-order chi connectivity index (χ0) is 15.6. The summed E-state index contributed by atoms with van der Waals surface area (Å²) in [6.45, 7) is 15.3. The van der Waals surface area contributed by atoms with E-state index < -0.39 is 0 Å². The van der Waals surface area contributed by atoms with E-state index in [9.17, 15) is 0 Å². The molecule has 0 amide bonds. The highest BCUT2D eigenvalue weighted by molar-refractivity contribution is 4.84. The van der Waals surface area contributed by atoms with Crippen LogP contribution in [0.15, 0.2) is 0 Å². The van der Waals surface area contributed by atoms with Gasteiger partial charge in [-0.05, 0) is 26.7 Å². The lowest BCUT2D eigenvalue weighted by Gasteiger charge is -2.03. The van der Waals surface area contributed by atoms with Crippen molar-refractivity contribution in [1.29, 1.82) is 0 Å². The van der Waals surface area contributed by atoms with Crippen LogP contribution in [0.3, 0.4) is 0 Å².